The summed E-state index contributed by atoms with van der Waals surface area (Å²) in [6, 6.07) is 7.58. The van der Waals surface area contributed by atoms with E-state index in [-0.39, 0.29) is 12.5 Å². The van der Waals surface area contributed by atoms with Crippen molar-refractivity contribution < 1.29 is 9.53 Å². The first-order valence-corrected chi connectivity index (χ1v) is 6.98. The second-order valence-corrected chi connectivity index (χ2v) is 5.01. The highest BCUT2D eigenvalue weighted by Crippen LogP contribution is 2.20. The molecule has 1 aromatic heterocycles. The first-order valence-electron chi connectivity index (χ1n) is 6.60. The predicted molar refractivity (Wildman–Crippen MR) is 77.4 cm³/mol. The molecule has 0 radical (unpaired) electrons. The Bertz CT molecular complexity index is 562. The second kappa shape index (κ2) is 6.62. The van der Waals surface area contributed by atoms with Gasteiger partial charge in [0.05, 0.1) is 6.61 Å². The summed E-state index contributed by atoms with van der Waals surface area (Å²) in [6.45, 7) is 2.88. The average molecular weight is 280 g/mol. The van der Waals surface area contributed by atoms with Crippen molar-refractivity contribution in [2.24, 2.45) is 0 Å². The topological polar surface area (TPSA) is 31.2 Å². The molecule has 1 aromatic carbocycles. The zero-order chi connectivity index (χ0) is 13.7. The van der Waals surface area contributed by atoms with Gasteiger partial charge < -0.3 is 9.30 Å². The van der Waals surface area contributed by atoms with Crippen LogP contribution in [-0.2, 0) is 16.1 Å². The first kappa shape index (κ1) is 13.9. The zero-order valence-electron chi connectivity index (χ0n) is 11.1. The Morgan fingerprint density at radius 3 is 2.95 bits per heavy atom. The molecule has 3 nitrogen and oxygen atoms in total. The highest BCUT2D eigenvalue weighted by Gasteiger charge is 2.07. The van der Waals surface area contributed by atoms with E-state index in [9.17, 15) is 4.79 Å². The Kier molecular flexibility index (Phi) is 4.86. The van der Waals surface area contributed by atoms with Gasteiger partial charge in [0.25, 0.3) is 0 Å². The molecule has 4 heteroatoms. The van der Waals surface area contributed by atoms with E-state index < -0.39 is 0 Å². The largest absolute Gasteiger partial charge is 0.464 e. The van der Waals surface area contributed by atoms with Crippen molar-refractivity contribution in [1.82, 2.24) is 4.57 Å². The average Bonchev–Trinajstić information content (AvgIpc) is 2.77. The molecule has 19 heavy (non-hydrogen) atoms. The Labute approximate surface area is 118 Å². The monoisotopic (exact) mass is 279 g/mol. The molecule has 102 valence electrons. The third-order valence-electron chi connectivity index (χ3n) is 3.04. The molecule has 0 aliphatic heterocycles. The molecule has 0 aliphatic rings. The molecule has 0 amide bonds. The maximum Gasteiger partial charge on any atom is 0.325 e. The van der Waals surface area contributed by atoms with Crippen LogP contribution in [-0.4, -0.2) is 17.1 Å². The molecule has 0 N–H and O–H groups in total. The van der Waals surface area contributed by atoms with Gasteiger partial charge in [-0.05, 0) is 30.7 Å². The minimum Gasteiger partial charge on any atom is -0.464 e. The minimum absolute atomic E-state index is 0.191. The lowest BCUT2D eigenvalue weighted by molar-refractivity contribution is -0.144. The van der Waals surface area contributed by atoms with E-state index in [1.54, 1.807) is 0 Å². The van der Waals surface area contributed by atoms with Gasteiger partial charge in [0.15, 0.2) is 0 Å². The van der Waals surface area contributed by atoms with Crippen LogP contribution in [0.5, 0.6) is 0 Å². The van der Waals surface area contributed by atoms with E-state index in [0.717, 1.165) is 30.2 Å². The molecular weight excluding hydrogens is 262 g/mol. The van der Waals surface area contributed by atoms with E-state index in [4.69, 9.17) is 16.3 Å². The lowest BCUT2D eigenvalue weighted by Gasteiger charge is -2.06. The van der Waals surface area contributed by atoms with Crippen molar-refractivity contribution in [3.8, 4) is 0 Å². The molecule has 0 saturated heterocycles. The van der Waals surface area contributed by atoms with Gasteiger partial charge >= 0.3 is 5.97 Å². The number of ether oxygens (including phenoxy) is 1. The number of fused-ring (bicyclic) bond motifs is 1. The van der Waals surface area contributed by atoms with Crippen LogP contribution in [0.4, 0.5) is 0 Å². The van der Waals surface area contributed by atoms with Crippen LogP contribution in [0.15, 0.2) is 30.5 Å². The lowest BCUT2D eigenvalue weighted by Crippen LogP contribution is -2.13. The van der Waals surface area contributed by atoms with Crippen LogP contribution in [0.25, 0.3) is 10.9 Å². The van der Waals surface area contributed by atoms with E-state index in [1.807, 2.05) is 35.0 Å². The summed E-state index contributed by atoms with van der Waals surface area (Å²) in [5, 5.41) is 1.73. The van der Waals surface area contributed by atoms with E-state index in [1.165, 1.54) is 0 Å². The first-order chi connectivity index (χ1) is 9.20. The summed E-state index contributed by atoms with van der Waals surface area (Å²) in [7, 11) is 0. The molecule has 0 fully saturated rings. The van der Waals surface area contributed by atoms with Gasteiger partial charge in [0.1, 0.15) is 6.54 Å². The number of unbranched alkanes of at least 4 members (excludes halogenated alkanes) is 2. The van der Waals surface area contributed by atoms with Crippen LogP contribution < -0.4 is 0 Å². The van der Waals surface area contributed by atoms with Crippen LogP contribution >= 0.6 is 11.6 Å². The third-order valence-corrected chi connectivity index (χ3v) is 3.28. The molecule has 0 aliphatic carbocycles. The molecule has 2 rings (SSSR count). The summed E-state index contributed by atoms with van der Waals surface area (Å²) in [5.74, 6) is -0.191. The predicted octanol–water partition coefficient (Wildman–Crippen LogP) is 4.03. The Morgan fingerprint density at radius 2 is 2.16 bits per heavy atom. The molecule has 0 bridgehead atoms. The Balaban J connectivity index is 1.95. The van der Waals surface area contributed by atoms with Gasteiger partial charge in [-0.25, -0.2) is 0 Å². The zero-order valence-corrected chi connectivity index (χ0v) is 11.8. The molecular formula is C15H18ClNO2. The van der Waals surface area contributed by atoms with Crippen molar-refractivity contribution in [1.29, 1.82) is 0 Å². The molecule has 0 saturated carbocycles. The van der Waals surface area contributed by atoms with Gasteiger partial charge in [-0.3, -0.25) is 4.79 Å². The van der Waals surface area contributed by atoms with E-state index in [2.05, 4.69) is 6.92 Å². The van der Waals surface area contributed by atoms with Crippen LogP contribution in [0.2, 0.25) is 5.02 Å². The SMILES string of the molecule is CCCCCOC(=O)Cn1ccc2cc(Cl)ccc21. The van der Waals surface area contributed by atoms with Gasteiger partial charge in [-0.1, -0.05) is 31.4 Å². The molecule has 2 aromatic rings. The number of benzene rings is 1. The van der Waals surface area contributed by atoms with Gasteiger partial charge in [-0.15, -0.1) is 0 Å². The van der Waals surface area contributed by atoms with Crippen LogP contribution in [0, 0.1) is 0 Å². The van der Waals surface area contributed by atoms with Gasteiger partial charge in [-0.2, -0.15) is 0 Å². The van der Waals surface area contributed by atoms with Gasteiger partial charge in [0.2, 0.25) is 0 Å². The Morgan fingerprint density at radius 1 is 1.32 bits per heavy atom. The van der Waals surface area contributed by atoms with Gasteiger partial charge in [0, 0.05) is 22.1 Å². The fourth-order valence-corrected chi connectivity index (χ4v) is 2.21. The van der Waals surface area contributed by atoms with Crippen molar-refractivity contribution in [3.05, 3.63) is 35.5 Å². The standard InChI is InChI=1S/C15H18ClNO2/c1-2-3-4-9-19-15(18)11-17-8-7-12-10-13(16)5-6-14(12)17/h5-8,10H,2-4,9,11H2,1H3. The van der Waals surface area contributed by atoms with E-state index >= 15 is 0 Å². The molecule has 0 unspecified atom stereocenters. The number of nitrogens with zero attached hydrogens (tertiary/aromatic N) is 1. The summed E-state index contributed by atoms with van der Waals surface area (Å²) in [4.78, 5) is 11.7. The summed E-state index contributed by atoms with van der Waals surface area (Å²) < 4.78 is 7.09. The summed E-state index contributed by atoms with van der Waals surface area (Å²) >= 11 is 5.93. The van der Waals surface area contributed by atoms with Crippen LogP contribution in [0.3, 0.4) is 0 Å². The number of aromatic nitrogens is 1. The fraction of sp³-hybridized carbons (Fsp3) is 0.400. The number of hydrogen-bond acceptors (Lipinski definition) is 2. The third kappa shape index (κ3) is 3.74. The number of halogens is 1. The number of carbonyl (C=O) groups is 1. The number of rotatable bonds is 6. The smallest absolute Gasteiger partial charge is 0.325 e. The maximum atomic E-state index is 11.7. The fourth-order valence-electron chi connectivity index (χ4n) is 2.03. The number of carbonyl (C=O) groups excluding carboxylic acids is 1. The number of hydrogen-bond donors (Lipinski definition) is 0. The Hall–Kier alpha value is -1.48. The molecule has 0 spiro atoms. The lowest BCUT2D eigenvalue weighted by atomic mass is 10.2. The summed E-state index contributed by atoms with van der Waals surface area (Å²) in [5.41, 5.74) is 0.995. The van der Waals surface area contributed by atoms with E-state index in [0.29, 0.717) is 11.6 Å². The quantitative estimate of drug-likeness (QED) is 0.590. The maximum absolute atomic E-state index is 11.7. The number of esters is 1. The second-order valence-electron chi connectivity index (χ2n) is 4.57. The van der Waals surface area contributed by atoms with Crippen molar-refractivity contribution in [2.75, 3.05) is 6.61 Å². The molecule has 0 atom stereocenters. The highest BCUT2D eigenvalue weighted by atomic mass is 35.5. The molecule has 1 heterocycles. The van der Waals surface area contributed by atoms with Crippen molar-refractivity contribution in [3.63, 3.8) is 0 Å². The van der Waals surface area contributed by atoms with Crippen molar-refractivity contribution in [2.45, 2.75) is 32.7 Å². The summed E-state index contributed by atoms with van der Waals surface area (Å²) in [6.07, 6.45) is 5.04. The van der Waals surface area contributed by atoms with Crippen molar-refractivity contribution >= 4 is 28.5 Å². The minimum atomic E-state index is -0.191. The highest BCUT2D eigenvalue weighted by molar-refractivity contribution is 6.31. The normalized spacial score (nSPS) is 10.8. The van der Waals surface area contributed by atoms with Crippen LogP contribution in [0.1, 0.15) is 26.2 Å².